The second kappa shape index (κ2) is 11.6. The monoisotopic (exact) mass is 515 g/mol. The van der Waals surface area contributed by atoms with E-state index < -0.39 is 10.3 Å². The average molecular weight is 516 g/mol. The van der Waals surface area contributed by atoms with E-state index in [4.69, 9.17) is 14.4 Å². The Hall–Kier alpha value is -3.39. The van der Waals surface area contributed by atoms with Crippen molar-refractivity contribution in [3.63, 3.8) is 0 Å². The molecule has 0 bridgehead atoms. The van der Waals surface area contributed by atoms with Gasteiger partial charge in [0, 0.05) is 30.7 Å². The molecule has 36 heavy (non-hydrogen) atoms. The number of rotatable bonds is 12. The predicted octanol–water partition coefficient (Wildman–Crippen LogP) is 1.16. The molecule has 12 nitrogen and oxygen atoms in total. The molecule has 4 rings (SSSR count). The van der Waals surface area contributed by atoms with Crippen molar-refractivity contribution in [3.8, 4) is 0 Å². The summed E-state index contributed by atoms with van der Waals surface area (Å²) in [6.45, 7) is 1.01. The summed E-state index contributed by atoms with van der Waals surface area (Å²) in [5.41, 5.74) is 2.47. The van der Waals surface area contributed by atoms with Crippen LogP contribution in [0.3, 0.4) is 0 Å². The summed E-state index contributed by atoms with van der Waals surface area (Å²) < 4.78 is 28.5. The second-order valence-electron chi connectivity index (χ2n) is 8.66. The number of nitrogens with one attached hydrogen (secondary N) is 2. The summed E-state index contributed by atoms with van der Waals surface area (Å²) in [7, 11) is -3.97. The minimum Gasteiger partial charge on any atom is -0.395 e. The highest BCUT2D eigenvalue weighted by atomic mass is 32.2. The molecule has 0 amide bonds. The molecule has 1 fully saturated rings. The van der Waals surface area contributed by atoms with Crippen molar-refractivity contribution in [1.82, 2.24) is 19.7 Å². The fraction of sp³-hybridized carbons (Fsp3) is 0.391. The zero-order valence-electron chi connectivity index (χ0n) is 19.6. The van der Waals surface area contributed by atoms with Crippen LogP contribution >= 0.6 is 0 Å². The third-order valence-electron chi connectivity index (χ3n) is 5.89. The van der Waals surface area contributed by atoms with E-state index in [1.807, 2.05) is 24.3 Å². The Bertz CT molecular complexity index is 1300. The van der Waals surface area contributed by atoms with Gasteiger partial charge in [0.25, 0.3) is 0 Å². The Morgan fingerprint density at radius 2 is 2.14 bits per heavy atom. The Kier molecular flexibility index (Phi) is 8.25. The highest BCUT2D eigenvalue weighted by Gasteiger charge is 2.28. The summed E-state index contributed by atoms with van der Waals surface area (Å²) in [6, 6.07) is 9.42. The third-order valence-corrected chi connectivity index (χ3v) is 6.36. The van der Waals surface area contributed by atoms with E-state index in [0.29, 0.717) is 30.9 Å². The topological polar surface area (TPSA) is 174 Å². The maximum absolute atomic E-state index is 13.2. The largest absolute Gasteiger partial charge is 0.395 e. The number of aliphatic hydroxyl groups excluding tert-OH is 1. The Balaban J connectivity index is 1.40. The van der Waals surface area contributed by atoms with Gasteiger partial charge >= 0.3 is 10.3 Å². The predicted molar refractivity (Wildman–Crippen MR) is 133 cm³/mol. The first-order chi connectivity index (χ1) is 17.3. The van der Waals surface area contributed by atoms with E-state index in [1.165, 1.54) is 12.5 Å². The van der Waals surface area contributed by atoms with Crippen molar-refractivity contribution in [1.29, 1.82) is 0 Å². The zero-order chi connectivity index (χ0) is 25.5. The molecular formula is C23H29N7O5S. The van der Waals surface area contributed by atoms with Gasteiger partial charge in [-0.2, -0.15) is 13.5 Å². The van der Waals surface area contributed by atoms with Crippen LogP contribution < -0.4 is 15.8 Å². The molecule has 1 saturated carbocycles. The lowest BCUT2D eigenvalue weighted by molar-refractivity contribution is 0.103. The first-order valence-corrected chi connectivity index (χ1v) is 13.0. The van der Waals surface area contributed by atoms with Crippen molar-refractivity contribution in [3.05, 3.63) is 65.9 Å². The minimum absolute atomic E-state index is 0.00445. The van der Waals surface area contributed by atoms with Gasteiger partial charge in [-0.05, 0) is 48.9 Å². The number of carbonyl (C=O) groups excluding carboxylic acids is 1. The highest BCUT2D eigenvalue weighted by Crippen LogP contribution is 2.29. The number of nitrogens with zero attached hydrogens (tertiary/aromatic N) is 4. The number of carbonyl (C=O) groups is 1. The van der Waals surface area contributed by atoms with E-state index >= 15 is 0 Å². The van der Waals surface area contributed by atoms with Gasteiger partial charge in [-0.25, -0.2) is 15.1 Å². The van der Waals surface area contributed by atoms with Gasteiger partial charge in [-0.1, -0.05) is 12.1 Å². The lowest BCUT2D eigenvalue weighted by Crippen LogP contribution is -2.22. The Labute approximate surface area is 209 Å². The molecule has 0 saturated heterocycles. The Morgan fingerprint density at radius 3 is 2.94 bits per heavy atom. The highest BCUT2D eigenvalue weighted by molar-refractivity contribution is 7.84. The van der Waals surface area contributed by atoms with E-state index in [9.17, 15) is 13.2 Å². The second-order valence-corrected chi connectivity index (χ2v) is 9.88. The number of benzene rings is 1. The Morgan fingerprint density at radius 1 is 1.28 bits per heavy atom. The van der Waals surface area contributed by atoms with Crippen LogP contribution in [0.2, 0.25) is 0 Å². The van der Waals surface area contributed by atoms with Gasteiger partial charge in [-0.3, -0.25) is 13.7 Å². The molecule has 0 aliphatic heterocycles. The molecule has 13 heteroatoms. The van der Waals surface area contributed by atoms with Crippen LogP contribution in [0, 0.1) is 5.92 Å². The molecule has 0 radical (unpaired) electrons. The standard InChI is InChI=1S/C23H29N7O5S/c24-36(33,34)35-14-17-4-5-19(11-17)28-23-20(12-25-15-27-23)22(32)21-6-8-30(29-21)13-16-2-1-3-18(10-16)26-7-9-31/h1-3,6,8,10,12,15,17,19,26,31H,4-5,7,9,11,13-14H2,(H2,24,33,34)(H,25,27,28)/t17-,19+/m1/s1. The van der Waals surface area contributed by atoms with E-state index in [0.717, 1.165) is 24.1 Å². The quantitative estimate of drug-likeness (QED) is 0.256. The van der Waals surface area contributed by atoms with Gasteiger partial charge < -0.3 is 15.7 Å². The number of hydrogen-bond donors (Lipinski definition) is 4. The van der Waals surface area contributed by atoms with Crippen LogP contribution in [-0.4, -0.2) is 64.9 Å². The normalized spacial score (nSPS) is 17.7. The number of aromatic nitrogens is 4. The van der Waals surface area contributed by atoms with E-state index in [2.05, 4.69) is 25.7 Å². The van der Waals surface area contributed by atoms with Gasteiger partial charge in [0.1, 0.15) is 17.8 Å². The molecule has 1 aliphatic carbocycles. The van der Waals surface area contributed by atoms with Crippen LogP contribution in [0.5, 0.6) is 0 Å². The van der Waals surface area contributed by atoms with Gasteiger partial charge in [-0.15, -0.1) is 0 Å². The molecule has 2 atom stereocenters. The first-order valence-electron chi connectivity index (χ1n) is 11.6. The summed E-state index contributed by atoms with van der Waals surface area (Å²) in [6.07, 6.45) is 6.77. The SMILES string of the molecule is NS(=O)(=O)OC[C@@H]1CC[C@H](Nc2ncncc2C(=O)c2ccn(Cc3cccc(NCCO)c3)n2)C1. The minimum atomic E-state index is -3.97. The molecule has 0 spiro atoms. The van der Waals surface area contributed by atoms with Gasteiger partial charge in [0.2, 0.25) is 5.78 Å². The summed E-state index contributed by atoms with van der Waals surface area (Å²) >= 11 is 0. The lowest BCUT2D eigenvalue weighted by atomic mass is 10.1. The lowest BCUT2D eigenvalue weighted by Gasteiger charge is -2.15. The van der Waals surface area contributed by atoms with Gasteiger partial charge in [0.15, 0.2) is 0 Å². The molecule has 2 heterocycles. The first kappa shape index (κ1) is 25.7. The molecule has 2 aromatic heterocycles. The number of ketones is 1. The molecular weight excluding hydrogens is 486 g/mol. The third kappa shape index (κ3) is 7.07. The van der Waals surface area contributed by atoms with Crippen LogP contribution in [0.15, 0.2) is 49.1 Å². The number of nitrogens with two attached hydrogens (primary N) is 1. The van der Waals surface area contributed by atoms with Crippen LogP contribution in [-0.2, 0) is 21.0 Å². The van der Waals surface area contributed by atoms with Gasteiger partial charge in [0.05, 0.1) is 25.3 Å². The fourth-order valence-corrected chi connectivity index (χ4v) is 4.61. The van der Waals surface area contributed by atoms with E-state index in [-0.39, 0.29) is 36.7 Å². The molecule has 1 aromatic carbocycles. The average Bonchev–Trinajstić information content (AvgIpc) is 3.51. The van der Waals surface area contributed by atoms with Crippen LogP contribution in [0.4, 0.5) is 11.5 Å². The summed E-state index contributed by atoms with van der Waals surface area (Å²) in [5.74, 6) is 0.141. The summed E-state index contributed by atoms with van der Waals surface area (Å²) in [5, 5.41) is 24.8. The number of hydrogen-bond acceptors (Lipinski definition) is 10. The van der Waals surface area contributed by atoms with Crippen LogP contribution in [0.1, 0.15) is 40.9 Å². The van der Waals surface area contributed by atoms with Crippen molar-refractivity contribution in [2.45, 2.75) is 31.8 Å². The number of aliphatic hydroxyl groups is 1. The summed E-state index contributed by atoms with van der Waals surface area (Å²) in [4.78, 5) is 21.5. The van der Waals surface area contributed by atoms with Crippen LogP contribution in [0.25, 0.3) is 0 Å². The van der Waals surface area contributed by atoms with Crippen molar-refractivity contribution >= 4 is 27.6 Å². The molecule has 0 unspecified atom stereocenters. The smallest absolute Gasteiger partial charge is 0.333 e. The fourth-order valence-electron chi connectivity index (χ4n) is 4.23. The maximum atomic E-state index is 13.2. The molecule has 192 valence electrons. The van der Waals surface area contributed by atoms with Crippen molar-refractivity contribution < 1.29 is 22.5 Å². The molecule has 5 N–H and O–H groups in total. The molecule has 1 aliphatic rings. The maximum Gasteiger partial charge on any atom is 0.333 e. The van der Waals surface area contributed by atoms with Crippen molar-refractivity contribution in [2.24, 2.45) is 11.1 Å². The molecule has 3 aromatic rings. The van der Waals surface area contributed by atoms with E-state index in [1.54, 1.807) is 16.9 Å². The van der Waals surface area contributed by atoms with Crippen molar-refractivity contribution in [2.75, 3.05) is 30.4 Å². The number of anilines is 2. The zero-order valence-corrected chi connectivity index (χ0v) is 20.4.